The van der Waals surface area contributed by atoms with Gasteiger partial charge in [0.2, 0.25) is 0 Å². The van der Waals surface area contributed by atoms with E-state index in [4.69, 9.17) is 32.5 Å². The molecule has 2 rings (SSSR count). The minimum Gasteiger partial charge on any atom is -0.465 e. The molecule has 0 amide bonds. The molecule has 1 N–H and O–H groups in total. The number of ether oxygens (including phenoxy) is 1. The van der Waals surface area contributed by atoms with Crippen molar-refractivity contribution >= 4 is 46.0 Å². The van der Waals surface area contributed by atoms with Gasteiger partial charge in [-0.25, -0.2) is 4.21 Å². The summed E-state index contributed by atoms with van der Waals surface area (Å²) in [5, 5.41) is 0.575. The first-order chi connectivity index (χ1) is 12.3. The average Bonchev–Trinajstić information content (AvgIpc) is 2.57. The topological polar surface area (TPSA) is 80.7 Å². The van der Waals surface area contributed by atoms with Crippen LogP contribution in [0.1, 0.15) is 34.3 Å². The molecule has 0 radical (unpaired) electrons. The highest BCUT2D eigenvalue weighted by Crippen LogP contribution is 2.31. The Balaban J connectivity index is 2.40. The van der Waals surface area contributed by atoms with Crippen LogP contribution in [0.4, 0.5) is 0 Å². The van der Waals surface area contributed by atoms with Crippen molar-refractivity contribution in [2.24, 2.45) is 0 Å². The predicted octanol–water partition coefficient (Wildman–Crippen LogP) is 4.24. The molecular weight excluding hydrogens is 399 g/mol. The monoisotopic (exact) mass is 414 g/mol. The molecule has 2 unspecified atom stereocenters. The molecule has 2 atom stereocenters. The molecule has 0 fully saturated rings. The summed E-state index contributed by atoms with van der Waals surface area (Å²) in [4.78, 5) is 25.3. The molecule has 26 heavy (non-hydrogen) atoms. The number of ketones is 1. The highest BCUT2D eigenvalue weighted by atomic mass is 35.5. The van der Waals surface area contributed by atoms with Crippen molar-refractivity contribution in [1.29, 1.82) is 0 Å². The smallest absolute Gasteiger partial charge is 0.321 e. The van der Waals surface area contributed by atoms with Crippen molar-refractivity contribution < 1.29 is 23.1 Å². The zero-order chi connectivity index (χ0) is 19.3. The summed E-state index contributed by atoms with van der Waals surface area (Å²) in [7, 11) is 0. The second kappa shape index (κ2) is 9.28. The maximum absolute atomic E-state index is 12.9. The van der Waals surface area contributed by atoms with E-state index < -0.39 is 28.8 Å². The minimum atomic E-state index is -1.98. The fraction of sp³-hybridized carbons (Fsp3) is 0.222. The van der Waals surface area contributed by atoms with Crippen molar-refractivity contribution in [3.8, 4) is 0 Å². The van der Waals surface area contributed by atoms with Gasteiger partial charge >= 0.3 is 5.97 Å². The van der Waals surface area contributed by atoms with Gasteiger partial charge in [-0.05, 0) is 30.2 Å². The first kappa shape index (κ1) is 20.6. The molecule has 0 saturated carbocycles. The van der Waals surface area contributed by atoms with Crippen molar-refractivity contribution in [2.75, 3.05) is 6.61 Å². The molecule has 2 aromatic carbocycles. The standard InChI is InChI=1S/C18H16Cl2O5S/c1-2-25-18(22)16(14-8-7-13(19)9-15(14)20)17(21)12-5-3-11(4-6-12)10-26(23)24/h3-9,16H,2,10H2,1H3,(H,23,24). The SMILES string of the molecule is CCOC(=O)C(C(=O)c1ccc(CS(=O)O)cc1)c1ccc(Cl)cc1Cl. The quantitative estimate of drug-likeness (QED) is 0.317. The predicted molar refractivity (Wildman–Crippen MR) is 101 cm³/mol. The van der Waals surface area contributed by atoms with E-state index in [1.54, 1.807) is 25.1 Å². The molecule has 0 bridgehead atoms. The van der Waals surface area contributed by atoms with Crippen LogP contribution in [-0.2, 0) is 26.4 Å². The number of esters is 1. The third kappa shape index (κ3) is 5.14. The van der Waals surface area contributed by atoms with Crippen LogP contribution in [-0.4, -0.2) is 27.1 Å². The molecule has 8 heteroatoms. The number of hydrogen-bond donors (Lipinski definition) is 1. The van der Waals surface area contributed by atoms with Crippen LogP contribution in [0.5, 0.6) is 0 Å². The summed E-state index contributed by atoms with van der Waals surface area (Å²) in [6.45, 7) is 1.77. The zero-order valence-corrected chi connectivity index (χ0v) is 16.1. The van der Waals surface area contributed by atoms with E-state index in [2.05, 4.69) is 0 Å². The number of halogens is 2. The summed E-state index contributed by atoms with van der Waals surface area (Å²) in [6, 6.07) is 10.6. The van der Waals surface area contributed by atoms with Crippen LogP contribution in [0, 0.1) is 0 Å². The molecule has 2 aromatic rings. The van der Waals surface area contributed by atoms with Gasteiger partial charge in [-0.15, -0.1) is 0 Å². The van der Waals surface area contributed by atoms with Gasteiger partial charge in [-0.1, -0.05) is 53.5 Å². The molecule has 5 nitrogen and oxygen atoms in total. The second-order valence-electron chi connectivity index (χ2n) is 5.38. The van der Waals surface area contributed by atoms with Gasteiger partial charge in [0.15, 0.2) is 16.9 Å². The number of benzene rings is 2. The Morgan fingerprint density at radius 1 is 1.15 bits per heavy atom. The van der Waals surface area contributed by atoms with Gasteiger partial charge in [-0.2, -0.15) is 0 Å². The van der Waals surface area contributed by atoms with Gasteiger partial charge in [0.05, 0.1) is 12.4 Å². The second-order valence-corrected chi connectivity index (χ2v) is 7.15. The normalized spacial score (nSPS) is 13.1. The van der Waals surface area contributed by atoms with E-state index in [-0.39, 0.29) is 22.9 Å². The molecule has 0 aliphatic heterocycles. The molecular formula is C18H16Cl2O5S. The molecule has 0 heterocycles. The number of hydrogen-bond acceptors (Lipinski definition) is 4. The van der Waals surface area contributed by atoms with Gasteiger partial charge in [0, 0.05) is 15.6 Å². The van der Waals surface area contributed by atoms with Gasteiger partial charge in [0.25, 0.3) is 0 Å². The third-order valence-electron chi connectivity index (χ3n) is 3.59. The number of Topliss-reactive ketones (excluding diaryl/α,β-unsaturated/α-hetero) is 1. The Bertz CT molecular complexity index is 836. The van der Waals surface area contributed by atoms with Crippen LogP contribution in [0.3, 0.4) is 0 Å². The Kier molecular flexibility index (Phi) is 7.34. The highest BCUT2D eigenvalue weighted by Gasteiger charge is 2.32. The van der Waals surface area contributed by atoms with E-state index in [1.807, 2.05) is 0 Å². The first-order valence-electron chi connectivity index (χ1n) is 7.65. The lowest BCUT2D eigenvalue weighted by molar-refractivity contribution is -0.143. The Hall–Kier alpha value is -1.73. The molecule has 0 aromatic heterocycles. The fourth-order valence-corrected chi connectivity index (χ4v) is 3.41. The van der Waals surface area contributed by atoms with Crippen molar-refractivity contribution in [3.05, 3.63) is 69.2 Å². The number of carbonyl (C=O) groups is 2. The van der Waals surface area contributed by atoms with Crippen LogP contribution in [0.15, 0.2) is 42.5 Å². The first-order valence-corrected chi connectivity index (χ1v) is 9.68. The molecule has 138 valence electrons. The summed E-state index contributed by atoms with van der Waals surface area (Å²) in [5.74, 6) is -2.46. The number of rotatable bonds is 7. The van der Waals surface area contributed by atoms with E-state index in [0.29, 0.717) is 16.1 Å². The van der Waals surface area contributed by atoms with Crippen molar-refractivity contribution in [2.45, 2.75) is 18.6 Å². The Morgan fingerprint density at radius 2 is 1.81 bits per heavy atom. The number of carbonyl (C=O) groups excluding carboxylic acids is 2. The minimum absolute atomic E-state index is 0.0429. The molecule has 0 aliphatic rings. The van der Waals surface area contributed by atoms with E-state index >= 15 is 0 Å². The molecule has 0 saturated heterocycles. The van der Waals surface area contributed by atoms with Crippen molar-refractivity contribution in [1.82, 2.24) is 0 Å². The summed E-state index contributed by atoms with van der Waals surface area (Å²) < 4.78 is 24.8. The largest absolute Gasteiger partial charge is 0.465 e. The van der Waals surface area contributed by atoms with Crippen molar-refractivity contribution in [3.63, 3.8) is 0 Å². The maximum atomic E-state index is 12.9. The third-order valence-corrected chi connectivity index (χ3v) is 4.73. The van der Waals surface area contributed by atoms with Gasteiger partial charge < -0.3 is 9.29 Å². The van der Waals surface area contributed by atoms with Crippen LogP contribution in [0.2, 0.25) is 10.0 Å². The van der Waals surface area contributed by atoms with E-state index in [0.717, 1.165) is 0 Å². The van der Waals surface area contributed by atoms with E-state index in [9.17, 15) is 13.8 Å². The molecule has 0 aliphatic carbocycles. The van der Waals surface area contributed by atoms with Crippen LogP contribution < -0.4 is 0 Å². The Labute approximate surface area is 163 Å². The lowest BCUT2D eigenvalue weighted by Crippen LogP contribution is -2.25. The summed E-state index contributed by atoms with van der Waals surface area (Å²) in [6.07, 6.45) is 0. The Morgan fingerprint density at radius 3 is 2.35 bits per heavy atom. The average molecular weight is 415 g/mol. The lowest BCUT2D eigenvalue weighted by Gasteiger charge is -2.17. The van der Waals surface area contributed by atoms with Crippen LogP contribution in [0.25, 0.3) is 0 Å². The summed E-state index contributed by atoms with van der Waals surface area (Å²) >= 11 is 10.1. The highest BCUT2D eigenvalue weighted by molar-refractivity contribution is 7.78. The van der Waals surface area contributed by atoms with E-state index in [1.165, 1.54) is 24.3 Å². The van der Waals surface area contributed by atoms with Gasteiger partial charge in [-0.3, -0.25) is 9.59 Å². The molecule has 0 spiro atoms. The fourth-order valence-electron chi connectivity index (χ4n) is 2.41. The maximum Gasteiger partial charge on any atom is 0.321 e. The van der Waals surface area contributed by atoms with Gasteiger partial charge in [0.1, 0.15) is 5.92 Å². The zero-order valence-electron chi connectivity index (χ0n) is 13.8. The van der Waals surface area contributed by atoms with Crippen LogP contribution >= 0.6 is 23.2 Å². The summed E-state index contributed by atoms with van der Waals surface area (Å²) in [5.41, 5.74) is 1.17. The lowest BCUT2D eigenvalue weighted by atomic mass is 9.90.